The van der Waals surface area contributed by atoms with E-state index in [4.69, 9.17) is 9.52 Å². The second-order valence-electron chi connectivity index (χ2n) is 5.56. The Kier molecular flexibility index (Phi) is 5.57. The standard InChI is InChI=1S/C17H19FN2O4/c1-11(16(21)22)10-20(2)17(23)19-9-13-6-5-12(8-14(13)18)15-4-3-7-24-15/h3-8,11H,9-10H2,1-2H3,(H,19,23)(H,21,22). The number of carbonyl (C=O) groups is 2. The van der Waals surface area contributed by atoms with Crippen molar-refractivity contribution in [3.05, 3.63) is 48.0 Å². The summed E-state index contributed by atoms with van der Waals surface area (Å²) < 4.78 is 19.3. The van der Waals surface area contributed by atoms with Crippen molar-refractivity contribution in [3.8, 4) is 11.3 Å². The molecule has 128 valence electrons. The van der Waals surface area contributed by atoms with E-state index in [1.54, 1.807) is 24.3 Å². The zero-order valence-corrected chi connectivity index (χ0v) is 13.5. The fraction of sp³-hybridized carbons (Fsp3) is 0.294. The lowest BCUT2D eigenvalue weighted by Crippen LogP contribution is -2.40. The van der Waals surface area contributed by atoms with Crippen molar-refractivity contribution in [2.45, 2.75) is 13.5 Å². The van der Waals surface area contributed by atoms with Crippen LogP contribution in [0.5, 0.6) is 0 Å². The number of urea groups is 1. The van der Waals surface area contributed by atoms with Gasteiger partial charge in [0.1, 0.15) is 11.6 Å². The van der Waals surface area contributed by atoms with Crippen LogP contribution in [0.4, 0.5) is 9.18 Å². The Morgan fingerprint density at radius 1 is 1.38 bits per heavy atom. The number of amides is 2. The minimum absolute atomic E-state index is 0.00882. The average Bonchev–Trinajstić information content (AvgIpc) is 3.07. The van der Waals surface area contributed by atoms with Crippen molar-refractivity contribution in [1.29, 1.82) is 0 Å². The number of aliphatic carboxylic acids is 1. The first-order valence-corrected chi connectivity index (χ1v) is 7.42. The van der Waals surface area contributed by atoms with Gasteiger partial charge in [0.25, 0.3) is 0 Å². The molecule has 2 amide bonds. The first-order valence-electron chi connectivity index (χ1n) is 7.42. The molecule has 2 rings (SSSR count). The SMILES string of the molecule is CC(CN(C)C(=O)NCc1ccc(-c2ccco2)cc1F)C(=O)O. The van der Waals surface area contributed by atoms with Crippen molar-refractivity contribution < 1.29 is 23.5 Å². The van der Waals surface area contributed by atoms with Crippen molar-refractivity contribution in [2.75, 3.05) is 13.6 Å². The summed E-state index contributed by atoms with van der Waals surface area (Å²) in [6, 6.07) is 7.62. The smallest absolute Gasteiger partial charge is 0.317 e. The van der Waals surface area contributed by atoms with Gasteiger partial charge in [-0.15, -0.1) is 0 Å². The van der Waals surface area contributed by atoms with Crippen LogP contribution >= 0.6 is 0 Å². The second-order valence-corrected chi connectivity index (χ2v) is 5.56. The normalized spacial score (nSPS) is 11.8. The monoisotopic (exact) mass is 334 g/mol. The highest BCUT2D eigenvalue weighted by atomic mass is 19.1. The number of nitrogens with one attached hydrogen (secondary N) is 1. The zero-order chi connectivity index (χ0) is 17.7. The molecule has 1 heterocycles. The van der Waals surface area contributed by atoms with Crippen molar-refractivity contribution in [2.24, 2.45) is 5.92 Å². The van der Waals surface area contributed by atoms with Crippen molar-refractivity contribution in [1.82, 2.24) is 10.2 Å². The van der Waals surface area contributed by atoms with Crippen molar-refractivity contribution >= 4 is 12.0 Å². The van der Waals surface area contributed by atoms with E-state index in [0.29, 0.717) is 16.9 Å². The predicted octanol–water partition coefficient (Wildman–Crippen LogP) is 2.95. The Hall–Kier alpha value is -2.83. The average molecular weight is 334 g/mol. The van der Waals surface area contributed by atoms with Crippen LogP contribution in [0.25, 0.3) is 11.3 Å². The number of nitrogens with zero attached hydrogens (tertiary/aromatic N) is 1. The van der Waals surface area contributed by atoms with Gasteiger partial charge < -0.3 is 19.7 Å². The molecule has 0 aliphatic carbocycles. The molecule has 2 aromatic rings. The van der Waals surface area contributed by atoms with Gasteiger partial charge in [0, 0.05) is 31.3 Å². The largest absolute Gasteiger partial charge is 0.481 e. The predicted molar refractivity (Wildman–Crippen MR) is 85.8 cm³/mol. The number of halogens is 1. The number of carboxylic acid groups (broad SMARTS) is 1. The summed E-state index contributed by atoms with van der Waals surface area (Å²) in [7, 11) is 1.49. The van der Waals surface area contributed by atoms with Crippen LogP contribution in [-0.4, -0.2) is 35.6 Å². The fourth-order valence-corrected chi connectivity index (χ4v) is 2.16. The Bertz CT molecular complexity index is 715. The van der Waals surface area contributed by atoms with Crippen LogP contribution in [0.1, 0.15) is 12.5 Å². The molecule has 0 aliphatic heterocycles. The maximum Gasteiger partial charge on any atom is 0.317 e. The van der Waals surface area contributed by atoms with Gasteiger partial charge in [0.15, 0.2) is 0 Å². The lowest BCUT2D eigenvalue weighted by molar-refractivity contribution is -0.141. The van der Waals surface area contributed by atoms with E-state index in [1.165, 1.54) is 31.2 Å². The minimum Gasteiger partial charge on any atom is -0.481 e. The molecule has 0 saturated heterocycles. The Morgan fingerprint density at radius 3 is 2.71 bits per heavy atom. The van der Waals surface area contributed by atoms with E-state index in [1.807, 2.05) is 0 Å². The summed E-state index contributed by atoms with van der Waals surface area (Å²) in [6.45, 7) is 1.59. The van der Waals surface area contributed by atoms with Crippen LogP contribution in [0.2, 0.25) is 0 Å². The number of furan rings is 1. The lowest BCUT2D eigenvalue weighted by atomic mass is 10.1. The Morgan fingerprint density at radius 2 is 2.12 bits per heavy atom. The van der Waals surface area contributed by atoms with Crippen LogP contribution in [0.15, 0.2) is 41.0 Å². The van der Waals surface area contributed by atoms with Gasteiger partial charge in [-0.05, 0) is 18.2 Å². The van der Waals surface area contributed by atoms with Crippen LogP contribution in [0.3, 0.4) is 0 Å². The summed E-state index contributed by atoms with van der Waals surface area (Å²) in [6.07, 6.45) is 1.51. The van der Waals surface area contributed by atoms with Gasteiger partial charge in [-0.25, -0.2) is 9.18 Å². The highest BCUT2D eigenvalue weighted by Gasteiger charge is 2.17. The number of hydrogen-bond acceptors (Lipinski definition) is 3. The summed E-state index contributed by atoms with van der Waals surface area (Å²) in [5.74, 6) is -1.54. The number of carbonyl (C=O) groups excluding carboxylic acids is 1. The maximum atomic E-state index is 14.1. The number of benzene rings is 1. The topological polar surface area (TPSA) is 82.8 Å². The highest BCUT2D eigenvalue weighted by molar-refractivity contribution is 5.75. The van der Waals surface area contributed by atoms with Crippen LogP contribution in [-0.2, 0) is 11.3 Å². The lowest BCUT2D eigenvalue weighted by Gasteiger charge is -2.20. The van der Waals surface area contributed by atoms with Crippen LogP contribution in [0, 0.1) is 11.7 Å². The summed E-state index contributed by atoms with van der Waals surface area (Å²) >= 11 is 0. The molecule has 0 spiro atoms. The van der Waals surface area contributed by atoms with E-state index in [-0.39, 0.29) is 13.1 Å². The van der Waals surface area contributed by atoms with Gasteiger partial charge in [-0.2, -0.15) is 0 Å². The highest BCUT2D eigenvalue weighted by Crippen LogP contribution is 2.22. The fourth-order valence-electron chi connectivity index (χ4n) is 2.16. The minimum atomic E-state index is -0.978. The molecule has 6 nitrogen and oxygen atoms in total. The third kappa shape index (κ3) is 4.34. The molecule has 1 atom stereocenters. The maximum absolute atomic E-state index is 14.1. The number of hydrogen-bond donors (Lipinski definition) is 2. The van der Waals surface area contributed by atoms with Crippen molar-refractivity contribution in [3.63, 3.8) is 0 Å². The molecular weight excluding hydrogens is 315 g/mol. The van der Waals surface area contributed by atoms with Crippen LogP contribution < -0.4 is 5.32 Å². The van der Waals surface area contributed by atoms with E-state index in [9.17, 15) is 14.0 Å². The molecule has 0 fully saturated rings. The second kappa shape index (κ2) is 7.63. The van der Waals surface area contributed by atoms with Gasteiger partial charge in [-0.1, -0.05) is 19.1 Å². The number of carboxylic acids is 1. The zero-order valence-electron chi connectivity index (χ0n) is 13.5. The molecule has 0 bridgehead atoms. The third-order valence-electron chi connectivity index (χ3n) is 3.60. The van der Waals surface area contributed by atoms with Gasteiger partial charge in [0.2, 0.25) is 0 Å². The molecular formula is C17H19FN2O4. The molecule has 1 aromatic heterocycles. The molecule has 0 aliphatic rings. The first kappa shape index (κ1) is 17.5. The first-order chi connectivity index (χ1) is 11.4. The van der Waals surface area contributed by atoms with E-state index < -0.39 is 23.7 Å². The van der Waals surface area contributed by atoms with Gasteiger partial charge in [0.05, 0.1) is 12.2 Å². The van der Waals surface area contributed by atoms with Gasteiger partial charge in [-0.3, -0.25) is 4.79 Å². The summed E-state index contributed by atoms with van der Waals surface area (Å²) in [5.41, 5.74) is 0.943. The molecule has 1 aromatic carbocycles. The van der Waals surface area contributed by atoms with E-state index >= 15 is 0 Å². The number of rotatable bonds is 6. The molecule has 1 unspecified atom stereocenters. The summed E-state index contributed by atoms with van der Waals surface area (Å²) in [4.78, 5) is 24.0. The van der Waals surface area contributed by atoms with Gasteiger partial charge >= 0.3 is 12.0 Å². The third-order valence-corrected chi connectivity index (χ3v) is 3.60. The molecule has 7 heteroatoms. The molecule has 0 saturated carbocycles. The molecule has 24 heavy (non-hydrogen) atoms. The molecule has 0 radical (unpaired) electrons. The molecule has 2 N–H and O–H groups in total. The summed E-state index contributed by atoms with van der Waals surface area (Å²) in [5, 5.41) is 11.4. The Labute approximate surface area is 138 Å². The van der Waals surface area contributed by atoms with E-state index in [0.717, 1.165) is 0 Å². The van der Waals surface area contributed by atoms with E-state index in [2.05, 4.69) is 5.32 Å². The quantitative estimate of drug-likeness (QED) is 0.851. The Balaban J connectivity index is 1.94.